The highest BCUT2D eigenvalue weighted by molar-refractivity contribution is 7.17. The molecule has 0 unspecified atom stereocenters. The van der Waals surface area contributed by atoms with Crippen molar-refractivity contribution in [1.82, 2.24) is 44.7 Å². The average molecular weight is 1800 g/mol. The molecule has 10 heterocycles. The van der Waals surface area contributed by atoms with Gasteiger partial charge in [-0.2, -0.15) is 0 Å². The monoisotopic (exact) mass is 1800 g/mol. The number of thiazole rings is 2. The van der Waals surface area contributed by atoms with Crippen LogP contribution in [0.25, 0.3) is 75.9 Å². The number of Topliss-reactive ketones (excluding diaryl/α,β-unsaturated/α-hetero) is 1. The van der Waals surface area contributed by atoms with E-state index < -0.39 is 10.9 Å². The maximum absolute atomic E-state index is 13.4. The standard InChI is InChI=1S/C24H26N2O7S.C24H24N2O6.C22H23N3O6S.C22H28N2O6/c1-13-23(34-24(25-13)17(28)5-4-6-26-7-9-32-10-8-26)19-14(2)33-22-15(21(19)30)11-18(31-3)20(29)16(22)12-27;1-14-20(22(29)17-12-19(31-3)21(28)18(13-27)23(17)32-14)15-4-6-16(7-5-15)24(30)26-10-8-25(2)9-11-26;1-11-20(32-21(23-11)22(29)25-7-5-24(3)6-8-25)16-12(2)31-19-13(18(16)28)9-15(30-4)17(27)14(19)10-26;1-14-15(6-7-19(26)23-8-11-24-9-4-3-5-10-24)20(27)16-12-18(29-2)21(28)17(13-25)22(16)30-14/h11-12,29H,4-10H2,1-3H3;4-7,12-13,28H,8-11H2,1-3H3;9-10,27H,5-8H2,1-4H3;12-13,28H,3-11H2,1-2H3,(H,23,26). The van der Waals surface area contributed by atoms with Gasteiger partial charge in [-0.25, -0.2) is 9.97 Å². The van der Waals surface area contributed by atoms with Crippen molar-refractivity contribution in [2.24, 2.45) is 0 Å². The van der Waals surface area contributed by atoms with Crippen molar-refractivity contribution in [2.75, 3.05) is 154 Å². The highest BCUT2D eigenvalue weighted by Crippen LogP contribution is 2.43. The molecule has 6 aromatic heterocycles. The van der Waals surface area contributed by atoms with Crippen LogP contribution in [0.3, 0.4) is 0 Å². The molecule has 15 rings (SSSR count). The van der Waals surface area contributed by atoms with Crippen molar-refractivity contribution in [2.45, 2.75) is 86.5 Å². The number of amides is 3. The summed E-state index contributed by atoms with van der Waals surface area (Å²) in [6, 6.07) is 12.2. The molecule has 4 fully saturated rings. The zero-order valence-corrected chi connectivity index (χ0v) is 74.8. The summed E-state index contributed by atoms with van der Waals surface area (Å²) >= 11 is 2.31. The lowest BCUT2D eigenvalue weighted by Gasteiger charge is -2.32. The van der Waals surface area contributed by atoms with E-state index in [1.165, 1.54) is 72.0 Å². The molecule has 4 aliphatic rings. The smallest absolute Gasteiger partial charge is 0.282 e. The summed E-state index contributed by atoms with van der Waals surface area (Å²) in [7, 11) is 9.37. The van der Waals surface area contributed by atoms with Crippen LogP contribution >= 0.6 is 22.7 Å². The van der Waals surface area contributed by atoms with E-state index in [4.69, 9.17) is 41.4 Å². The second kappa shape index (κ2) is 41.7. The van der Waals surface area contributed by atoms with Crippen LogP contribution in [0.5, 0.6) is 46.0 Å². The Balaban J connectivity index is 0.000000155. The zero-order chi connectivity index (χ0) is 92.2. The van der Waals surface area contributed by atoms with Gasteiger partial charge < -0.3 is 91.6 Å². The Morgan fingerprint density at radius 3 is 1.27 bits per heavy atom. The molecule has 128 heavy (non-hydrogen) atoms. The molecule has 34 nitrogen and oxygen atoms in total. The van der Waals surface area contributed by atoms with Crippen LogP contribution in [0.4, 0.5) is 0 Å². The van der Waals surface area contributed by atoms with Gasteiger partial charge in [0.15, 0.2) is 115 Å². The number of carbonyl (C=O) groups is 8. The van der Waals surface area contributed by atoms with Crippen molar-refractivity contribution < 1.29 is 100 Å². The first-order valence-electron chi connectivity index (χ1n) is 41.6. The fraction of sp³-hybridized carbons (Fsp3) is 0.391. The van der Waals surface area contributed by atoms with E-state index in [-0.39, 0.29) is 182 Å². The average Bonchev–Trinajstić information content (AvgIpc) is 1.35. The topological polar surface area (TPSA) is 442 Å². The SMILES string of the molecule is COc1cc2c(=O)c(-c3ccc(C(=O)N4CCN(C)CC4)cc3)c(C)oc2c(C=O)c1O.COc1cc2c(=O)c(-c3sc(C(=O)CCCN4CCOCC4)nc3C)c(C)oc2c(C=O)c1O.COc1cc2c(=O)c(-c3sc(C(=O)N4CCN(C)CC4)nc3C)c(C)oc2c(C=O)c1O.COc1cc2c(=O)c(CCC(=O)NCCN3CCCCC3)c(C)oc2c(C=O)c1O. The minimum atomic E-state index is -0.393. The van der Waals surface area contributed by atoms with Crippen LogP contribution in [0.2, 0.25) is 0 Å². The van der Waals surface area contributed by atoms with Gasteiger partial charge >= 0.3 is 0 Å². The van der Waals surface area contributed by atoms with Crippen LogP contribution < -0.4 is 46.0 Å². The van der Waals surface area contributed by atoms with Crippen LogP contribution in [0.15, 0.2) is 85.4 Å². The van der Waals surface area contributed by atoms with Crippen molar-refractivity contribution in [3.63, 3.8) is 0 Å². The Labute approximate surface area is 741 Å². The summed E-state index contributed by atoms with van der Waals surface area (Å²) in [6.07, 6.45) is 6.87. The third kappa shape index (κ3) is 20.1. The molecule has 0 bridgehead atoms. The van der Waals surface area contributed by atoms with Gasteiger partial charge in [0.25, 0.3) is 11.8 Å². The molecule has 0 atom stereocenters. The minimum absolute atomic E-state index is 0.00568. The number of piperazine rings is 2. The van der Waals surface area contributed by atoms with E-state index in [1.807, 2.05) is 19.0 Å². The van der Waals surface area contributed by atoms with E-state index >= 15 is 0 Å². The van der Waals surface area contributed by atoms with E-state index in [2.05, 4.69) is 34.9 Å². The highest BCUT2D eigenvalue weighted by Gasteiger charge is 2.32. The summed E-state index contributed by atoms with van der Waals surface area (Å²) < 4.78 is 48.8. The van der Waals surface area contributed by atoms with Gasteiger partial charge in [-0.05, 0) is 143 Å². The number of hydrogen-bond acceptors (Lipinski definition) is 33. The Hall–Kier alpha value is -12.8. The lowest BCUT2D eigenvalue weighted by molar-refractivity contribution is -0.121. The number of methoxy groups -OCH3 is 4. The molecule has 0 saturated carbocycles. The quantitative estimate of drug-likeness (QED) is 0.0277. The number of aromatic nitrogens is 2. The number of ether oxygens (including phenoxy) is 5. The number of ketones is 1. The number of phenolic OH excluding ortho intramolecular Hbond substituents is 4. The Morgan fingerprint density at radius 1 is 0.461 bits per heavy atom. The summed E-state index contributed by atoms with van der Waals surface area (Å²) in [5, 5.41) is 44.8. The molecular formula is C92H101N9O25S2. The molecule has 5 aromatic carbocycles. The molecule has 4 aliphatic heterocycles. The summed E-state index contributed by atoms with van der Waals surface area (Å²) in [4.78, 5) is 172. The first-order valence-corrected chi connectivity index (χ1v) is 43.2. The molecule has 3 amide bonds. The van der Waals surface area contributed by atoms with Gasteiger partial charge in [-0.3, -0.25) is 62.4 Å². The lowest BCUT2D eigenvalue weighted by atomic mass is 9.99. The number of aromatic hydroxyl groups is 4. The first kappa shape index (κ1) is 94.3. The number of aldehydes is 4. The number of aryl methyl sites for hydroxylation is 6. The third-order valence-corrected chi connectivity index (χ3v) is 25.4. The molecular weight excluding hydrogens is 1700 g/mol. The highest BCUT2D eigenvalue weighted by atomic mass is 32.1. The maximum atomic E-state index is 13.4. The van der Waals surface area contributed by atoms with Crippen LogP contribution in [0.1, 0.15) is 150 Å². The first-order chi connectivity index (χ1) is 61.4. The van der Waals surface area contributed by atoms with Crippen LogP contribution in [0, 0.1) is 41.5 Å². The van der Waals surface area contributed by atoms with E-state index in [1.54, 1.807) is 70.7 Å². The van der Waals surface area contributed by atoms with Gasteiger partial charge in [0.05, 0.1) is 101 Å². The lowest BCUT2D eigenvalue weighted by Crippen LogP contribution is -2.47. The second-order valence-electron chi connectivity index (χ2n) is 31.3. The predicted molar refractivity (Wildman–Crippen MR) is 480 cm³/mol. The second-order valence-corrected chi connectivity index (χ2v) is 33.3. The molecule has 0 spiro atoms. The fourth-order valence-corrected chi connectivity index (χ4v) is 18.0. The molecule has 11 aromatic rings. The van der Waals surface area contributed by atoms with Crippen LogP contribution in [-0.4, -0.2) is 262 Å². The Bertz CT molecular complexity index is 6360. The zero-order valence-electron chi connectivity index (χ0n) is 73.2. The normalized spacial score (nSPS) is 14.6. The molecule has 0 aliphatic carbocycles. The Morgan fingerprint density at radius 2 is 0.844 bits per heavy atom. The summed E-state index contributed by atoms with van der Waals surface area (Å²) in [5.74, 6) is -0.747. The maximum Gasteiger partial charge on any atom is 0.282 e. The summed E-state index contributed by atoms with van der Waals surface area (Å²) in [5.41, 5.74) is 1.42. The third-order valence-electron chi connectivity index (χ3n) is 23.1. The number of piperidine rings is 1. The number of morpholine rings is 1. The Kier molecular flexibility index (Phi) is 30.7. The van der Waals surface area contributed by atoms with E-state index in [9.17, 15) is 78.0 Å². The van der Waals surface area contributed by atoms with Gasteiger partial charge in [0.1, 0.15) is 45.3 Å². The molecule has 676 valence electrons. The number of benzene rings is 5. The summed E-state index contributed by atoms with van der Waals surface area (Å²) in [6.45, 7) is 23.4. The van der Waals surface area contributed by atoms with Gasteiger partial charge in [-0.1, -0.05) is 18.6 Å². The van der Waals surface area contributed by atoms with Crippen LogP contribution in [-0.2, 0) is 16.0 Å². The number of carbonyl (C=O) groups excluding carboxylic acids is 8. The molecule has 5 N–H and O–H groups in total. The number of phenols is 4. The van der Waals surface area contributed by atoms with E-state index in [0.717, 1.165) is 108 Å². The molecule has 36 heteroatoms. The number of fused-ring (bicyclic) bond motifs is 4. The van der Waals surface area contributed by atoms with E-state index in [0.29, 0.717) is 129 Å². The number of nitrogens with one attached hydrogen (secondary N) is 1. The number of likely N-dealkylation sites (N-methyl/N-ethyl adjacent to an activating group) is 2. The number of likely N-dealkylation sites (tertiary alicyclic amines) is 1. The molecule has 0 radical (unpaired) electrons. The fourth-order valence-electron chi connectivity index (χ4n) is 15.8. The van der Waals surface area contributed by atoms with Crippen molar-refractivity contribution in [3.8, 4) is 78.0 Å². The number of nitrogens with zero attached hydrogens (tertiary/aromatic N) is 8. The van der Waals surface area contributed by atoms with Gasteiger partial charge in [-0.15, -0.1) is 22.7 Å². The number of hydrogen-bond donors (Lipinski definition) is 5. The minimum Gasteiger partial charge on any atom is -0.504 e. The van der Waals surface area contributed by atoms with Crippen molar-refractivity contribution in [3.05, 3.63) is 167 Å². The number of rotatable bonds is 24. The van der Waals surface area contributed by atoms with Crippen molar-refractivity contribution >= 4 is 115 Å². The largest absolute Gasteiger partial charge is 0.504 e. The predicted octanol–water partition coefficient (Wildman–Crippen LogP) is 10.6. The van der Waals surface area contributed by atoms with Gasteiger partial charge in [0, 0.05) is 103 Å². The van der Waals surface area contributed by atoms with Crippen molar-refractivity contribution in [1.29, 1.82) is 0 Å². The molecule has 4 saturated heterocycles. The van der Waals surface area contributed by atoms with Gasteiger partial charge in [0.2, 0.25) is 22.2 Å².